The topological polar surface area (TPSA) is 59.4 Å². The van der Waals surface area contributed by atoms with Gasteiger partial charge in [-0.2, -0.15) is 13.2 Å². The van der Waals surface area contributed by atoms with Crippen molar-refractivity contribution in [1.29, 1.82) is 0 Å². The van der Waals surface area contributed by atoms with Crippen LogP contribution >= 0.6 is 11.3 Å². The Morgan fingerprint density at radius 2 is 1.88 bits per heavy atom. The molecule has 1 aliphatic rings. The maximum absolute atomic E-state index is 12.7. The van der Waals surface area contributed by atoms with Crippen LogP contribution < -0.4 is 4.74 Å². The maximum atomic E-state index is 12.7. The van der Waals surface area contributed by atoms with Gasteiger partial charge in [-0.05, 0) is 60.9 Å². The van der Waals surface area contributed by atoms with E-state index in [1.54, 1.807) is 0 Å². The molecule has 1 N–H and O–H groups in total. The van der Waals surface area contributed by atoms with E-state index in [4.69, 9.17) is 9.84 Å². The minimum absolute atomic E-state index is 0.0908. The standard InChI is InChI=1S/C25H24F3NO3S/c26-25(27,28)19-9-7-18(8-10-19)21-15-33-23(29-21)2-1-13-32-22-14-16(4-12-24(30)31)3-11-20(22)17-5-6-17/h3,7-11,14-15,17H,1-2,4-6,12-13H2,(H,30,31). The first-order valence-electron chi connectivity index (χ1n) is 10.9. The molecular weight excluding hydrogens is 451 g/mol. The van der Waals surface area contributed by atoms with E-state index in [9.17, 15) is 18.0 Å². The van der Waals surface area contributed by atoms with Gasteiger partial charge in [0, 0.05) is 23.8 Å². The van der Waals surface area contributed by atoms with E-state index in [1.165, 1.54) is 29.0 Å². The summed E-state index contributed by atoms with van der Waals surface area (Å²) in [6.07, 6.45) is -0.0174. The Balaban J connectivity index is 1.32. The van der Waals surface area contributed by atoms with Crippen LogP contribution in [0.3, 0.4) is 0 Å². The second-order valence-electron chi connectivity index (χ2n) is 8.19. The molecule has 0 aliphatic heterocycles. The normalized spacial score (nSPS) is 13.8. The van der Waals surface area contributed by atoms with Gasteiger partial charge in [0.1, 0.15) is 5.75 Å². The van der Waals surface area contributed by atoms with Crippen molar-refractivity contribution in [1.82, 2.24) is 4.98 Å². The van der Waals surface area contributed by atoms with E-state index in [1.807, 2.05) is 17.5 Å². The Morgan fingerprint density at radius 3 is 2.55 bits per heavy atom. The molecule has 3 aromatic rings. The van der Waals surface area contributed by atoms with Gasteiger partial charge >= 0.3 is 12.1 Å². The summed E-state index contributed by atoms with van der Waals surface area (Å²) in [6, 6.07) is 11.0. The highest BCUT2D eigenvalue weighted by Crippen LogP contribution is 2.44. The first-order valence-corrected chi connectivity index (χ1v) is 11.8. The van der Waals surface area contributed by atoms with Crippen molar-refractivity contribution in [2.24, 2.45) is 0 Å². The van der Waals surface area contributed by atoms with Crippen LogP contribution in [0.15, 0.2) is 47.8 Å². The highest BCUT2D eigenvalue weighted by atomic mass is 32.1. The van der Waals surface area contributed by atoms with Gasteiger partial charge in [-0.1, -0.05) is 24.3 Å². The number of carbonyl (C=O) groups is 1. The number of carboxylic acids is 1. The molecule has 8 heteroatoms. The number of halogens is 3. The van der Waals surface area contributed by atoms with Gasteiger partial charge in [0.05, 0.1) is 22.9 Å². The van der Waals surface area contributed by atoms with Crippen LogP contribution in [-0.4, -0.2) is 22.7 Å². The Hall–Kier alpha value is -2.87. The zero-order valence-electron chi connectivity index (χ0n) is 17.9. The van der Waals surface area contributed by atoms with E-state index < -0.39 is 17.7 Å². The molecule has 1 saturated carbocycles. The second kappa shape index (κ2) is 9.95. The van der Waals surface area contributed by atoms with Gasteiger partial charge < -0.3 is 9.84 Å². The molecule has 0 bridgehead atoms. The molecule has 4 rings (SSSR count). The summed E-state index contributed by atoms with van der Waals surface area (Å²) < 4.78 is 44.3. The largest absolute Gasteiger partial charge is 0.493 e. The number of rotatable bonds is 10. The van der Waals surface area contributed by atoms with Crippen molar-refractivity contribution >= 4 is 17.3 Å². The minimum atomic E-state index is -4.35. The summed E-state index contributed by atoms with van der Waals surface area (Å²) in [5.74, 6) is 0.548. The predicted molar refractivity (Wildman–Crippen MR) is 121 cm³/mol. The minimum Gasteiger partial charge on any atom is -0.493 e. The SMILES string of the molecule is O=C(O)CCc1ccc(C2CC2)c(OCCCc2nc(-c3ccc(C(F)(F)F)cc3)cs2)c1. The molecule has 174 valence electrons. The Labute approximate surface area is 194 Å². The fraction of sp³-hybridized carbons (Fsp3) is 0.360. The summed E-state index contributed by atoms with van der Waals surface area (Å²) in [7, 11) is 0. The van der Waals surface area contributed by atoms with Crippen LogP contribution in [0.25, 0.3) is 11.3 Å². The third-order valence-electron chi connectivity index (χ3n) is 5.57. The molecule has 1 aliphatic carbocycles. The van der Waals surface area contributed by atoms with E-state index in [0.29, 0.717) is 36.6 Å². The lowest BCUT2D eigenvalue weighted by Gasteiger charge is -2.13. The first kappa shape index (κ1) is 23.3. The van der Waals surface area contributed by atoms with E-state index in [2.05, 4.69) is 11.1 Å². The highest BCUT2D eigenvalue weighted by Gasteiger charge is 2.30. The lowest BCUT2D eigenvalue weighted by molar-refractivity contribution is -0.138. The third-order valence-corrected chi connectivity index (χ3v) is 6.48. The molecule has 0 unspecified atom stereocenters. The summed E-state index contributed by atoms with van der Waals surface area (Å²) in [5.41, 5.74) is 2.81. The summed E-state index contributed by atoms with van der Waals surface area (Å²) in [4.78, 5) is 15.4. The van der Waals surface area contributed by atoms with Crippen LogP contribution in [0.1, 0.15) is 53.3 Å². The number of benzene rings is 2. The highest BCUT2D eigenvalue weighted by molar-refractivity contribution is 7.09. The number of nitrogens with zero attached hydrogens (tertiary/aromatic N) is 1. The van der Waals surface area contributed by atoms with Crippen LogP contribution in [0, 0.1) is 0 Å². The number of hydrogen-bond donors (Lipinski definition) is 1. The number of carboxylic acid groups (broad SMARTS) is 1. The first-order chi connectivity index (χ1) is 15.8. The number of aryl methyl sites for hydroxylation is 2. The molecule has 4 nitrogen and oxygen atoms in total. The van der Waals surface area contributed by atoms with Crippen molar-refractivity contribution < 1.29 is 27.8 Å². The summed E-state index contributed by atoms with van der Waals surface area (Å²) in [6.45, 7) is 0.511. The molecular formula is C25H24F3NO3S. The Bertz CT molecular complexity index is 1100. The van der Waals surface area contributed by atoms with E-state index >= 15 is 0 Å². The van der Waals surface area contributed by atoms with Crippen LogP contribution in [0.4, 0.5) is 13.2 Å². The number of aliphatic carboxylic acids is 1. The van der Waals surface area contributed by atoms with Gasteiger partial charge in [0.2, 0.25) is 0 Å². The molecule has 33 heavy (non-hydrogen) atoms. The van der Waals surface area contributed by atoms with Crippen molar-refractivity contribution in [3.05, 3.63) is 69.5 Å². The van der Waals surface area contributed by atoms with Crippen LogP contribution in [0.2, 0.25) is 0 Å². The molecule has 2 aromatic carbocycles. The smallest absolute Gasteiger partial charge is 0.416 e. The maximum Gasteiger partial charge on any atom is 0.416 e. The van der Waals surface area contributed by atoms with Gasteiger partial charge in [-0.25, -0.2) is 4.98 Å². The average Bonchev–Trinajstić information content (AvgIpc) is 3.52. The molecule has 0 spiro atoms. The number of hydrogen-bond acceptors (Lipinski definition) is 4. The molecule has 1 aromatic heterocycles. The molecule has 0 radical (unpaired) electrons. The van der Waals surface area contributed by atoms with Crippen LogP contribution in [0.5, 0.6) is 5.75 Å². The molecule has 0 amide bonds. The zero-order valence-corrected chi connectivity index (χ0v) is 18.7. The summed E-state index contributed by atoms with van der Waals surface area (Å²) >= 11 is 1.49. The number of ether oxygens (including phenoxy) is 1. The number of alkyl halides is 3. The van der Waals surface area contributed by atoms with Gasteiger partial charge in [-0.15, -0.1) is 11.3 Å². The lowest BCUT2D eigenvalue weighted by atomic mass is 10.0. The quantitative estimate of drug-likeness (QED) is 0.330. The second-order valence-corrected chi connectivity index (χ2v) is 9.14. The fourth-order valence-electron chi connectivity index (χ4n) is 3.64. The predicted octanol–water partition coefficient (Wildman–Crippen LogP) is 6.74. The van der Waals surface area contributed by atoms with Gasteiger partial charge in [0.15, 0.2) is 0 Å². The van der Waals surface area contributed by atoms with Crippen molar-refractivity contribution in [2.75, 3.05) is 6.61 Å². The van der Waals surface area contributed by atoms with Crippen molar-refractivity contribution in [3.8, 4) is 17.0 Å². The molecule has 0 atom stereocenters. The van der Waals surface area contributed by atoms with Crippen LogP contribution in [-0.2, 0) is 23.8 Å². The average molecular weight is 476 g/mol. The molecule has 1 fully saturated rings. The van der Waals surface area contributed by atoms with E-state index in [-0.39, 0.29) is 6.42 Å². The number of thiazole rings is 1. The van der Waals surface area contributed by atoms with Gasteiger partial charge in [0.25, 0.3) is 0 Å². The fourth-order valence-corrected chi connectivity index (χ4v) is 4.49. The van der Waals surface area contributed by atoms with Crippen molar-refractivity contribution in [2.45, 2.75) is 50.6 Å². The third kappa shape index (κ3) is 6.35. The molecule has 0 saturated heterocycles. The number of aromatic nitrogens is 1. The Kier molecular flexibility index (Phi) is 7.02. The Morgan fingerprint density at radius 1 is 1.12 bits per heavy atom. The molecule has 1 heterocycles. The lowest BCUT2D eigenvalue weighted by Crippen LogP contribution is -2.04. The zero-order chi connectivity index (χ0) is 23.4. The van der Waals surface area contributed by atoms with Crippen molar-refractivity contribution in [3.63, 3.8) is 0 Å². The van der Waals surface area contributed by atoms with E-state index in [0.717, 1.165) is 47.7 Å². The van der Waals surface area contributed by atoms with Gasteiger partial charge in [-0.3, -0.25) is 4.79 Å². The monoisotopic (exact) mass is 475 g/mol. The summed E-state index contributed by atoms with van der Waals surface area (Å²) in [5, 5.41) is 11.7.